The van der Waals surface area contributed by atoms with Gasteiger partial charge in [-0.25, -0.2) is 9.97 Å². The number of fused-ring (bicyclic) bond motifs is 1. The van der Waals surface area contributed by atoms with E-state index in [1.165, 1.54) is 0 Å². The fourth-order valence-corrected chi connectivity index (χ4v) is 3.31. The first-order valence-electron chi connectivity index (χ1n) is 8.86. The van der Waals surface area contributed by atoms with E-state index in [-0.39, 0.29) is 0 Å². The van der Waals surface area contributed by atoms with Gasteiger partial charge in [-0.3, -0.25) is 0 Å². The van der Waals surface area contributed by atoms with E-state index in [0.717, 1.165) is 61.2 Å². The molecule has 0 saturated carbocycles. The maximum atomic E-state index is 4.64. The second-order valence-corrected chi connectivity index (χ2v) is 6.41. The molecule has 0 saturated heterocycles. The van der Waals surface area contributed by atoms with Gasteiger partial charge in [-0.1, -0.05) is 37.3 Å². The summed E-state index contributed by atoms with van der Waals surface area (Å²) in [5.74, 6) is 4.40. The summed E-state index contributed by atoms with van der Waals surface area (Å²) in [7, 11) is 0. The highest BCUT2D eigenvalue weighted by atomic mass is 15.3. The number of hydrogen-bond donors (Lipinski definition) is 1. The third kappa shape index (κ3) is 3.38. The first-order valence-corrected chi connectivity index (χ1v) is 8.86. The molecule has 1 N–H and O–H groups in total. The van der Waals surface area contributed by atoms with Crippen LogP contribution in [0.5, 0.6) is 0 Å². The average Bonchev–Trinajstić information content (AvgIpc) is 3.09. The number of nitrogens with zero attached hydrogens (tertiary/aromatic N) is 5. The van der Waals surface area contributed by atoms with Gasteiger partial charge in [-0.2, -0.15) is 0 Å². The Morgan fingerprint density at radius 1 is 1.16 bits per heavy atom. The van der Waals surface area contributed by atoms with Crippen molar-refractivity contribution in [2.75, 3.05) is 11.9 Å². The van der Waals surface area contributed by atoms with Gasteiger partial charge in [-0.05, 0) is 18.4 Å². The summed E-state index contributed by atoms with van der Waals surface area (Å²) in [4.78, 5) is 9.02. The maximum absolute atomic E-state index is 4.64. The lowest BCUT2D eigenvalue weighted by molar-refractivity contribution is 0.374. The highest BCUT2D eigenvalue weighted by molar-refractivity contribution is 5.56. The van der Waals surface area contributed by atoms with Crippen molar-refractivity contribution < 1.29 is 0 Å². The van der Waals surface area contributed by atoms with Gasteiger partial charge < -0.3 is 9.88 Å². The van der Waals surface area contributed by atoms with Crippen LogP contribution in [0.25, 0.3) is 11.4 Å². The monoisotopic (exact) mass is 334 g/mol. The molecule has 0 aliphatic carbocycles. The normalized spacial score (nSPS) is 16.4. The third-order valence-corrected chi connectivity index (χ3v) is 4.70. The minimum Gasteiger partial charge on any atom is -0.370 e. The maximum Gasteiger partial charge on any atom is 0.161 e. The van der Waals surface area contributed by atoms with Crippen molar-refractivity contribution >= 4 is 5.82 Å². The largest absolute Gasteiger partial charge is 0.370 e. The first-order chi connectivity index (χ1) is 12.3. The molecule has 0 fully saturated rings. The lowest BCUT2D eigenvalue weighted by Gasteiger charge is -2.24. The zero-order valence-corrected chi connectivity index (χ0v) is 14.4. The standard InChI is InChI=1S/C19H22N6/c1-2-17-23-24-18-9-8-14(13-25(17)18)12-21-16-10-11-20-19(22-16)15-6-4-3-5-7-15/h3-7,10-11,14H,2,8-9,12-13H2,1H3,(H,20,21,22)/t14-/m1/s1. The van der Waals surface area contributed by atoms with Crippen LogP contribution < -0.4 is 5.32 Å². The minimum absolute atomic E-state index is 0.559. The van der Waals surface area contributed by atoms with E-state index in [2.05, 4.69) is 37.0 Å². The molecule has 0 spiro atoms. The third-order valence-electron chi connectivity index (χ3n) is 4.70. The minimum atomic E-state index is 0.559. The van der Waals surface area contributed by atoms with Crippen LogP contribution in [0.2, 0.25) is 0 Å². The number of rotatable bonds is 5. The van der Waals surface area contributed by atoms with Crippen LogP contribution in [0.4, 0.5) is 5.82 Å². The van der Waals surface area contributed by atoms with E-state index in [4.69, 9.17) is 0 Å². The summed E-state index contributed by atoms with van der Waals surface area (Å²) in [5.41, 5.74) is 1.03. The number of aryl methyl sites for hydroxylation is 2. The summed E-state index contributed by atoms with van der Waals surface area (Å²) in [5, 5.41) is 12.1. The lowest BCUT2D eigenvalue weighted by atomic mass is 9.99. The number of hydrogen-bond acceptors (Lipinski definition) is 5. The topological polar surface area (TPSA) is 68.5 Å². The fraction of sp³-hybridized carbons (Fsp3) is 0.368. The van der Waals surface area contributed by atoms with E-state index in [0.29, 0.717) is 5.92 Å². The average molecular weight is 334 g/mol. The Kier molecular flexibility index (Phi) is 4.41. The van der Waals surface area contributed by atoms with E-state index in [9.17, 15) is 0 Å². The fourth-order valence-electron chi connectivity index (χ4n) is 3.31. The number of anilines is 1. The van der Waals surface area contributed by atoms with Crippen molar-refractivity contribution in [2.24, 2.45) is 5.92 Å². The Morgan fingerprint density at radius 3 is 2.88 bits per heavy atom. The predicted molar refractivity (Wildman–Crippen MR) is 97.2 cm³/mol. The number of nitrogens with one attached hydrogen (secondary N) is 1. The van der Waals surface area contributed by atoms with E-state index < -0.39 is 0 Å². The highest BCUT2D eigenvalue weighted by Gasteiger charge is 2.22. The van der Waals surface area contributed by atoms with Crippen LogP contribution in [-0.2, 0) is 19.4 Å². The summed E-state index contributed by atoms with van der Waals surface area (Å²) in [6, 6.07) is 12.0. The van der Waals surface area contributed by atoms with Crippen LogP contribution in [0.1, 0.15) is 25.0 Å². The van der Waals surface area contributed by atoms with Crippen molar-refractivity contribution in [3.63, 3.8) is 0 Å². The zero-order chi connectivity index (χ0) is 17.1. The molecule has 1 aliphatic heterocycles. The van der Waals surface area contributed by atoms with Gasteiger partial charge in [0.15, 0.2) is 5.82 Å². The van der Waals surface area contributed by atoms with Crippen molar-refractivity contribution in [1.82, 2.24) is 24.7 Å². The van der Waals surface area contributed by atoms with Gasteiger partial charge in [0.2, 0.25) is 0 Å². The predicted octanol–water partition coefficient (Wildman–Crippen LogP) is 2.97. The van der Waals surface area contributed by atoms with E-state index in [1.54, 1.807) is 0 Å². The Hall–Kier alpha value is -2.76. The van der Waals surface area contributed by atoms with Gasteiger partial charge in [-0.15, -0.1) is 10.2 Å². The smallest absolute Gasteiger partial charge is 0.161 e. The Bertz CT molecular complexity index is 829. The molecular weight excluding hydrogens is 312 g/mol. The van der Waals surface area contributed by atoms with Crippen LogP contribution in [0.3, 0.4) is 0 Å². The van der Waals surface area contributed by atoms with Crippen molar-refractivity contribution in [1.29, 1.82) is 0 Å². The molecule has 0 radical (unpaired) electrons. The van der Waals surface area contributed by atoms with Gasteiger partial charge in [0.25, 0.3) is 0 Å². The molecule has 0 amide bonds. The van der Waals surface area contributed by atoms with Crippen LogP contribution in [-0.4, -0.2) is 31.3 Å². The Morgan fingerprint density at radius 2 is 2.04 bits per heavy atom. The SMILES string of the molecule is CCc1nnc2n1C[C@@H](CNc1ccnc(-c3ccccc3)n1)CC2. The second-order valence-electron chi connectivity index (χ2n) is 6.41. The van der Waals surface area contributed by atoms with Crippen LogP contribution in [0.15, 0.2) is 42.6 Å². The van der Waals surface area contributed by atoms with Crippen molar-refractivity contribution in [3.05, 3.63) is 54.2 Å². The van der Waals surface area contributed by atoms with Crippen LogP contribution in [0, 0.1) is 5.92 Å². The molecule has 25 heavy (non-hydrogen) atoms. The molecule has 1 aromatic carbocycles. The van der Waals surface area contributed by atoms with Crippen molar-refractivity contribution in [2.45, 2.75) is 32.7 Å². The molecule has 4 rings (SSSR count). The van der Waals surface area contributed by atoms with Crippen LogP contribution >= 0.6 is 0 Å². The van der Waals surface area contributed by atoms with Gasteiger partial charge in [0.05, 0.1) is 0 Å². The molecule has 3 heterocycles. The lowest BCUT2D eigenvalue weighted by Crippen LogP contribution is -2.27. The van der Waals surface area contributed by atoms with Crippen molar-refractivity contribution in [3.8, 4) is 11.4 Å². The molecule has 6 heteroatoms. The molecule has 1 atom stereocenters. The molecule has 0 bridgehead atoms. The molecule has 2 aromatic heterocycles. The van der Waals surface area contributed by atoms with E-state index >= 15 is 0 Å². The molecule has 6 nitrogen and oxygen atoms in total. The number of benzene rings is 1. The quantitative estimate of drug-likeness (QED) is 0.777. The molecule has 0 unspecified atom stereocenters. The molecule has 128 valence electrons. The summed E-state index contributed by atoms with van der Waals surface area (Å²) in [6.07, 6.45) is 4.87. The van der Waals surface area contributed by atoms with Gasteiger partial charge in [0, 0.05) is 37.7 Å². The Balaban J connectivity index is 1.42. The zero-order valence-electron chi connectivity index (χ0n) is 14.4. The Labute approximate surface area is 147 Å². The summed E-state index contributed by atoms with van der Waals surface area (Å²) < 4.78 is 2.28. The second kappa shape index (κ2) is 7.01. The first kappa shape index (κ1) is 15.7. The number of aromatic nitrogens is 5. The summed E-state index contributed by atoms with van der Waals surface area (Å²) >= 11 is 0. The molecular formula is C19H22N6. The van der Waals surface area contributed by atoms with Gasteiger partial charge in [0.1, 0.15) is 17.5 Å². The van der Waals surface area contributed by atoms with E-state index in [1.807, 2.05) is 42.6 Å². The summed E-state index contributed by atoms with van der Waals surface area (Å²) in [6.45, 7) is 4.01. The highest BCUT2D eigenvalue weighted by Crippen LogP contribution is 2.21. The molecule has 3 aromatic rings. The van der Waals surface area contributed by atoms with Gasteiger partial charge >= 0.3 is 0 Å². The molecule has 1 aliphatic rings.